The van der Waals surface area contributed by atoms with Gasteiger partial charge in [0.25, 0.3) is 11.2 Å². The zero-order chi connectivity index (χ0) is 13.9. The van der Waals surface area contributed by atoms with Gasteiger partial charge in [-0.25, -0.2) is 8.42 Å². The molecule has 0 aliphatic heterocycles. The highest BCUT2D eigenvalue weighted by Gasteiger charge is 2.14. The average Bonchev–Trinajstić information content (AvgIpc) is 2.27. The molecule has 1 heterocycles. The minimum Gasteiger partial charge on any atom is -0.308 e. The molecule has 0 fully saturated rings. The second kappa shape index (κ2) is 5.30. The summed E-state index contributed by atoms with van der Waals surface area (Å²) in [5.74, 6) is -0.223. The summed E-state index contributed by atoms with van der Waals surface area (Å²) in [5.41, 5.74) is -0.368. The molecule has 0 aliphatic carbocycles. The molecule has 0 aliphatic rings. The van der Waals surface area contributed by atoms with E-state index in [2.05, 4.69) is 0 Å². The van der Waals surface area contributed by atoms with E-state index in [4.69, 9.17) is 0 Å². The normalized spacial score (nSPS) is 11.4. The zero-order valence-corrected chi connectivity index (χ0v) is 10.9. The Morgan fingerprint density at radius 3 is 2.56 bits per heavy atom. The third-order valence-corrected chi connectivity index (χ3v) is 4.27. The van der Waals surface area contributed by atoms with E-state index in [1.54, 1.807) is 0 Å². The highest BCUT2D eigenvalue weighted by molar-refractivity contribution is 7.91. The molecule has 0 radical (unpaired) electrons. The summed E-state index contributed by atoms with van der Waals surface area (Å²) in [6, 6.07) is 1.14. The van der Waals surface area contributed by atoms with Crippen molar-refractivity contribution in [3.8, 4) is 0 Å². The van der Waals surface area contributed by atoms with Crippen LogP contribution in [0.4, 0.5) is 5.69 Å². The van der Waals surface area contributed by atoms with Crippen LogP contribution >= 0.6 is 0 Å². The van der Waals surface area contributed by atoms with Crippen molar-refractivity contribution in [2.24, 2.45) is 0 Å². The Morgan fingerprint density at radius 2 is 2.06 bits per heavy atom. The van der Waals surface area contributed by atoms with Gasteiger partial charge < -0.3 is 4.57 Å². The fourth-order valence-electron chi connectivity index (χ4n) is 1.40. The molecule has 18 heavy (non-hydrogen) atoms. The Morgan fingerprint density at radius 1 is 1.44 bits per heavy atom. The van der Waals surface area contributed by atoms with Crippen LogP contribution in [0.15, 0.2) is 17.1 Å². The summed E-state index contributed by atoms with van der Waals surface area (Å²) in [5, 5.41) is 10.7. The molecule has 0 saturated carbocycles. The largest absolute Gasteiger partial charge is 0.308 e. The van der Waals surface area contributed by atoms with E-state index in [0.717, 1.165) is 16.8 Å². The summed E-state index contributed by atoms with van der Waals surface area (Å²) < 4.78 is 23.7. The van der Waals surface area contributed by atoms with Crippen molar-refractivity contribution < 1.29 is 13.3 Å². The fourth-order valence-corrected chi connectivity index (χ4v) is 2.17. The Hall–Kier alpha value is -1.70. The van der Waals surface area contributed by atoms with Crippen LogP contribution in [0.25, 0.3) is 0 Å². The molecule has 1 rings (SSSR count). The van der Waals surface area contributed by atoms with Crippen LogP contribution < -0.4 is 5.56 Å². The Kier molecular flexibility index (Phi) is 4.23. The first-order valence-electron chi connectivity index (χ1n) is 5.32. The first-order valence-corrected chi connectivity index (χ1v) is 7.15. The molecule has 1 aromatic heterocycles. The molecule has 0 atom stereocenters. The Bertz CT molecular complexity index is 618. The molecule has 0 spiro atoms. The maximum absolute atomic E-state index is 11.6. The fraction of sp³-hybridized carbons (Fsp3) is 0.500. The van der Waals surface area contributed by atoms with Gasteiger partial charge in [-0.3, -0.25) is 14.9 Å². The van der Waals surface area contributed by atoms with Crippen LogP contribution in [0, 0.1) is 17.0 Å². The van der Waals surface area contributed by atoms with Crippen LogP contribution in [-0.4, -0.2) is 29.4 Å². The number of aromatic nitrogens is 1. The summed E-state index contributed by atoms with van der Waals surface area (Å²) in [7, 11) is -3.21. The lowest BCUT2D eigenvalue weighted by atomic mass is 10.2. The maximum atomic E-state index is 11.6. The minimum absolute atomic E-state index is 0.0181. The van der Waals surface area contributed by atoms with Gasteiger partial charge in [0.1, 0.15) is 0 Å². The maximum Gasteiger partial charge on any atom is 0.288 e. The second-order valence-electron chi connectivity index (χ2n) is 3.87. The van der Waals surface area contributed by atoms with Gasteiger partial charge in [-0.2, -0.15) is 0 Å². The predicted octanol–water partition coefficient (Wildman–Crippen LogP) is 0.500. The van der Waals surface area contributed by atoms with E-state index in [-0.39, 0.29) is 29.3 Å². The van der Waals surface area contributed by atoms with E-state index < -0.39 is 20.3 Å². The molecule has 0 bridgehead atoms. The Balaban J connectivity index is 3.07. The minimum atomic E-state index is -3.21. The zero-order valence-electron chi connectivity index (χ0n) is 10.1. The SMILES string of the molecule is CCS(=O)(=O)CCn1cc([N+](=O)[O-])c(C)cc1=O. The van der Waals surface area contributed by atoms with Crippen molar-refractivity contribution in [3.05, 3.63) is 38.3 Å². The highest BCUT2D eigenvalue weighted by atomic mass is 32.2. The molecule has 7 nitrogen and oxygen atoms in total. The molecule has 0 aromatic carbocycles. The van der Waals surface area contributed by atoms with E-state index in [0.29, 0.717) is 0 Å². The number of hydrogen-bond acceptors (Lipinski definition) is 5. The number of sulfone groups is 1. The van der Waals surface area contributed by atoms with Crippen molar-refractivity contribution >= 4 is 15.5 Å². The van der Waals surface area contributed by atoms with Gasteiger partial charge in [-0.15, -0.1) is 0 Å². The van der Waals surface area contributed by atoms with Crippen molar-refractivity contribution in [1.82, 2.24) is 4.57 Å². The standard InChI is InChI=1S/C10H14N2O5S/c1-3-18(16,17)5-4-11-7-9(12(14)15)8(2)6-10(11)13/h6-7H,3-5H2,1-2H3. The number of aryl methyl sites for hydroxylation is 2. The molecule has 0 unspecified atom stereocenters. The average molecular weight is 274 g/mol. The van der Waals surface area contributed by atoms with Gasteiger partial charge in [-0.05, 0) is 6.92 Å². The lowest BCUT2D eigenvalue weighted by molar-refractivity contribution is -0.385. The Labute approximate surface area is 104 Å². The van der Waals surface area contributed by atoms with E-state index in [1.165, 1.54) is 13.8 Å². The summed E-state index contributed by atoms with van der Waals surface area (Å²) in [6.45, 7) is 2.90. The van der Waals surface area contributed by atoms with Crippen LogP contribution in [0.5, 0.6) is 0 Å². The van der Waals surface area contributed by atoms with Crippen molar-refractivity contribution in [2.75, 3.05) is 11.5 Å². The van der Waals surface area contributed by atoms with E-state index in [9.17, 15) is 23.3 Å². The number of nitrogens with zero attached hydrogens (tertiary/aromatic N) is 2. The monoisotopic (exact) mass is 274 g/mol. The molecule has 100 valence electrons. The van der Waals surface area contributed by atoms with Crippen molar-refractivity contribution in [3.63, 3.8) is 0 Å². The molecule has 0 saturated heterocycles. The van der Waals surface area contributed by atoms with Gasteiger partial charge in [-0.1, -0.05) is 6.92 Å². The number of hydrogen-bond donors (Lipinski definition) is 0. The van der Waals surface area contributed by atoms with Gasteiger partial charge >= 0.3 is 0 Å². The summed E-state index contributed by atoms with van der Waals surface area (Å²) in [6.07, 6.45) is 1.09. The van der Waals surface area contributed by atoms with Gasteiger partial charge in [0.15, 0.2) is 9.84 Å². The second-order valence-corrected chi connectivity index (χ2v) is 6.34. The predicted molar refractivity (Wildman–Crippen MR) is 66.4 cm³/mol. The van der Waals surface area contributed by atoms with Crippen LogP contribution in [0.2, 0.25) is 0 Å². The third-order valence-electron chi connectivity index (χ3n) is 2.58. The first-order chi connectivity index (χ1) is 8.26. The number of rotatable bonds is 5. The molecule has 0 N–H and O–H groups in total. The summed E-state index contributed by atoms with van der Waals surface area (Å²) in [4.78, 5) is 21.7. The lowest BCUT2D eigenvalue weighted by Gasteiger charge is -2.06. The number of pyridine rings is 1. The van der Waals surface area contributed by atoms with Crippen LogP contribution in [-0.2, 0) is 16.4 Å². The van der Waals surface area contributed by atoms with E-state index in [1.807, 2.05) is 0 Å². The van der Waals surface area contributed by atoms with Gasteiger partial charge in [0.05, 0.1) is 16.9 Å². The molecular weight excluding hydrogens is 260 g/mol. The number of nitro groups is 1. The van der Waals surface area contributed by atoms with Crippen molar-refractivity contribution in [1.29, 1.82) is 0 Å². The highest BCUT2D eigenvalue weighted by Crippen LogP contribution is 2.13. The topological polar surface area (TPSA) is 99.3 Å². The van der Waals surface area contributed by atoms with Crippen LogP contribution in [0.3, 0.4) is 0 Å². The molecular formula is C10H14N2O5S. The third kappa shape index (κ3) is 3.39. The molecule has 0 amide bonds. The lowest BCUT2D eigenvalue weighted by Crippen LogP contribution is -2.24. The van der Waals surface area contributed by atoms with Gasteiger partial charge in [0, 0.05) is 23.9 Å². The quantitative estimate of drug-likeness (QED) is 0.575. The first kappa shape index (κ1) is 14.4. The van der Waals surface area contributed by atoms with E-state index >= 15 is 0 Å². The molecule has 1 aromatic rings. The summed E-state index contributed by atoms with van der Waals surface area (Å²) >= 11 is 0. The molecule has 8 heteroatoms. The van der Waals surface area contributed by atoms with Gasteiger partial charge in [0.2, 0.25) is 0 Å². The van der Waals surface area contributed by atoms with Crippen molar-refractivity contribution in [2.45, 2.75) is 20.4 Å². The van der Waals surface area contributed by atoms with Crippen LogP contribution in [0.1, 0.15) is 12.5 Å². The smallest absolute Gasteiger partial charge is 0.288 e.